The number of hydrogen-bond acceptors (Lipinski definition) is 10. The van der Waals surface area contributed by atoms with Crippen molar-refractivity contribution >= 4 is 36.1 Å². The zero-order chi connectivity index (χ0) is 19.3. The summed E-state index contributed by atoms with van der Waals surface area (Å²) in [6, 6.07) is 0. The summed E-state index contributed by atoms with van der Waals surface area (Å²) < 4.78 is 70.6. The molecule has 0 aliphatic heterocycles. The molecular weight excluding hydrogens is 396 g/mol. The Morgan fingerprint density at radius 2 is 1.08 bits per heavy atom. The molecule has 0 aromatic carbocycles. The van der Waals surface area contributed by atoms with Crippen LogP contribution < -0.4 is 10.9 Å². The molecule has 0 saturated carbocycles. The van der Waals surface area contributed by atoms with Crippen molar-refractivity contribution in [2.75, 3.05) is 32.7 Å². The van der Waals surface area contributed by atoms with Gasteiger partial charge in [-0.25, -0.2) is 8.42 Å². The molecule has 1 aromatic rings. The van der Waals surface area contributed by atoms with E-state index in [9.17, 15) is 17.5 Å². The average Bonchev–Trinajstić information content (AvgIpc) is 2.95. The molecule has 1 heterocycles. The standard InChI is InChI=1S/C11H23N3O8P2S/c1-6-19-23(15,20-7-2)10-11(13-14(12-10)25(5,17)18)24(16,21-8-3)22-9-4/h6-9H2,1-5H3. The highest BCUT2D eigenvalue weighted by atomic mass is 32.2. The van der Waals surface area contributed by atoms with Gasteiger partial charge in [0.15, 0.2) is 0 Å². The van der Waals surface area contributed by atoms with Crippen LogP contribution in [0.4, 0.5) is 0 Å². The van der Waals surface area contributed by atoms with Crippen molar-refractivity contribution in [2.24, 2.45) is 0 Å². The first-order valence-corrected chi connectivity index (χ1v) is 12.5. The van der Waals surface area contributed by atoms with Crippen molar-refractivity contribution in [1.82, 2.24) is 14.4 Å². The summed E-state index contributed by atoms with van der Waals surface area (Å²) >= 11 is 0. The number of hydrogen-bond donors (Lipinski definition) is 0. The maximum absolute atomic E-state index is 13.0. The van der Waals surface area contributed by atoms with Gasteiger partial charge < -0.3 is 18.1 Å². The third-order valence-corrected chi connectivity index (χ3v) is 7.54. The summed E-state index contributed by atoms with van der Waals surface area (Å²) in [5.74, 6) is 0. The van der Waals surface area contributed by atoms with E-state index in [-0.39, 0.29) is 26.4 Å². The molecule has 0 amide bonds. The molecule has 0 spiro atoms. The fraction of sp³-hybridized carbons (Fsp3) is 0.818. The van der Waals surface area contributed by atoms with Gasteiger partial charge in [0.25, 0.3) is 10.0 Å². The van der Waals surface area contributed by atoms with Crippen molar-refractivity contribution in [3.8, 4) is 0 Å². The van der Waals surface area contributed by atoms with E-state index in [0.29, 0.717) is 4.20 Å². The van der Waals surface area contributed by atoms with Crippen molar-refractivity contribution in [2.45, 2.75) is 27.7 Å². The van der Waals surface area contributed by atoms with Crippen LogP contribution in [-0.4, -0.2) is 55.5 Å². The van der Waals surface area contributed by atoms with E-state index in [4.69, 9.17) is 18.1 Å². The van der Waals surface area contributed by atoms with Gasteiger partial charge >= 0.3 is 15.2 Å². The Kier molecular flexibility index (Phi) is 7.94. The van der Waals surface area contributed by atoms with Gasteiger partial charge in [-0.05, 0) is 27.7 Å². The predicted octanol–water partition coefficient (Wildman–Crippen LogP) is 0.869. The number of rotatable bonds is 11. The first-order chi connectivity index (χ1) is 11.6. The highest BCUT2D eigenvalue weighted by molar-refractivity contribution is 7.89. The topological polar surface area (TPSA) is 136 Å². The molecule has 0 radical (unpaired) electrons. The van der Waals surface area contributed by atoms with E-state index < -0.39 is 36.1 Å². The minimum absolute atomic E-state index is 0.0178. The Hall–Kier alpha value is -0.610. The summed E-state index contributed by atoms with van der Waals surface area (Å²) in [4.78, 5) is 0. The predicted molar refractivity (Wildman–Crippen MR) is 91.2 cm³/mol. The minimum atomic E-state index is -4.09. The maximum atomic E-state index is 13.0. The lowest BCUT2D eigenvalue weighted by molar-refractivity contribution is 0.225. The van der Waals surface area contributed by atoms with Gasteiger partial charge in [-0.3, -0.25) is 9.13 Å². The molecule has 0 N–H and O–H groups in total. The van der Waals surface area contributed by atoms with Gasteiger partial charge in [-0.2, -0.15) is 0 Å². The fourth-order valence-corrected chi connectivity index (χ4v) is 6.06. The van der Waals surface area contributed by atoms with Gasteiger partial charge in [0.2, 0.25) is 10.9 Å². The molecule has 11 nitrogen and oxygen atoms in total. The molecule has 0 fully saturated rings. The smallest absolute Gasteiger partial charge is 0.304 e. The van der Waals surface area contributed by atoms with E-state index in [2.05, 4.69) is 10.2 Å². The summed E-state index contributed by atoms with van der Waals surface area (Å²) in [7, 11) is -12.1. The molecule has 14 heteroatoms. The average molecular weight is 419 g/mol. The molecule has 0 bridgehead atoms. The van der Waals surface area contributed by atoms with Crippen LogP contribution in [0.1, 0.15) is 27.7 Å². The zero-order valence-corrected chi connectivity index (χ0v) is 17.3. The van der Waals surface area contributed by atoms with Gasteiger partial charge in [0, 0.05) is 0 Å². The summed E-state index contributed by atoms with van der Waals surface area (Å²) in [5, 5.41) is 7.39. The highest BCUT2D eigenvalue weighted by Gasteiger charge is 2.44. The monoisotopic (exact) mass is 419 g/mol. The number of aromatic nitrogens is 3. The molecular formula is C11H23N3O8P2S. The largest absolute Gasteiger partial charge is 0.384 e. The fourth-order valence-electron chi connectivity index (χ4n) is 1.78. The molecule has 1 aromatic heterocycles. The van der Waals surface area contributed by atoms with Crippen molar-refractivity contribution in [3.05, 3.63) is 0 Å². The van der Waals surface area contributed by atoms with E-state index in [1.54, 1.807) is 27.7 Å². The zero-order valence-electron chi connectivity index (χ0n) is 14.7. The van der Waals surface area contributed by atoms with Crippen LogP contribution in [0.15, 0.2) is 0 Å². The second kappa shape index (κ2) is 8.85. The quantitative estimate of drug-likeness (QED) is 0.475. The van der Waals surface area contributed by atoms with Crippen LogP contribution in [0.25, 0.3) is 0 Å². The summed E-state index contributed by atoms with van der Waals surface area (Å²) in [6.07, 6.45) is 0.832. The normalized spacial score (nSPS) is 13.3. The van der Waals surface area contributed by atoms with Crippen molar-refractivity contribution < 1.29 is 35.6 Å². The third-order valence-electron chi connectivity index (χ3n) is 2.57. The van der Waals surface area contributed by atoms with E-state index in [0.717, 1.165) is 6.26 Å². The van der Waals surface area contributed by atoms with Crippen LogP contribution in [0.3, 0.4) is 0 Å². The third kappa shape index (κ3) is 5.19. The Labute approximate surface area is 147 Å². The molecule has 146 valence electrons. The van der Waals surface area contributed by atoms with E-state index in [1.807, 2.05) is 0 Å². The van der Waals surface area contributed by atoms with E-state index in [1.165, 1.54) is 0 Å². The van der Waals surface area contributed by atoms with Crippen LogP contribution in [-0.2, 0) is 37.2 Å². The SMILES string of the molecule is CCOP(=O)(OCC)c1nn(S(C)(=O)=O)nc1P(=O)(OCC)OCC. The van der Waals surface area contributed by atoms with Gasteiger partial charge in [-0.15, -0.1) is 10.2 Å². The van der Waals surface area contributed by atoms with Crippen LogP contribution in [0.5, 0.6) is 0 Å². The number of nitrogens with zero attached hydrogens (tertiary/aromatic N) is 3. The molecule has 0 unspecified atom stereocenters. The van der Waals surface area contributed by atoms with Gasteiger partial charge in [-0.1, -0.05) is 4.20 Å². The highest BCUT2D eigenvalue weighted by Crippen LogP contribution is 2.52. The molecule has 1 rings (SSSR count). The van der Waals surface area contributed by atoms with Gasteiger partial charge in [0.05, 0.1) is 32.7 Å². The molecule has 0 atom stereocenters. The molecule has 0 saturated heterocycles. The summed E-state index contributed by atoms with van der Waals surface area (Å²) in [5.41, 5.74) is -1.02. The first-order valence-electron chi connectivity index (χ1n) is 7.55. The van der Waals surface area contributed by atoms with Crippen LogP contribution >= 0.6 is 15.2 Å². The Bertz CT molecular complexity index is 711. The molecule has 0 aliphatic rings. The minimum Gasteiger partial charge on any atom is -0.304 e. The van der Waals surface area contributed by atoms with Crippen molar-refractivity contribution in [1.29, 1.82) is 0 Å². The Balaban J connectivity index is 3.73. The van der Waals surface area contributed by atoms with Crippen LogP contribution in [0.2, 0.25) is 0 Å². The molecule has 0 aliphatic carbocycles. The lowest BCUT2D eigenvalue weighted by atomic mass is 10.9. The van der Waals surface area contributed by atoms with Gasteiger partial charge in [0.1, 0.15) is 0 Å². The maximum Gasteiger partial charge on any atom is 0.384 e. The van der Waals surface area contributed by atoms with Crippen LogP contribution in [0, 0.1) is 0 Å². The first kappa shape index (κ1) is 22.4. The second-order valence-corrected chi connectivity index (χ2v) is 10.2. The van der Waals surface area contributed by atoms with E-state index >= 15 is 0 Å². The van der Waals surface area contributed by atoms with Crippen molar-refractivity contribution in [3.63, 3.8) is 0 Å². The Morgan fingerprint density at radius 1 is 0.800 bits per heavy atom. The molecule has 25 heavy (non-hydrogen) atoms. The lowest BCUT2D eigenvalue weighted by Crippen LogP contribution is -2.29. The second-order valence-electron chi connectivity index (χ2n) is 4.50. The Morgan fingerprint density at radius 3 is 1.28 bits per heavy atom. The lowest BCUT2D eigenvalue weighted by Gasteiger charge is -2.19. The summed E-state index contributed by atoms with van der Waals surface area (Å²) in [6.45, 7) is 6.19.